The van der Waals surface area contributed by atoms with E-state index in [0.29, 0.717) is 11.9 Å². The number of rotatable bonds is 3. The maximum absolute atomic E-state index is 12.4. The summed E-state index contributed by atoms with van der Waals surface area (Å²) >= 11 is 4.97. The summed E-state index contributed by atoms with van der Waals surface area (Å²) < 4.78 is 2.72. The predicted octanol–water partition coefficient (Wildman–Crippen LogP) is 3.67. The molecule has 0 spiro atoms. The maximum Gasteiger partial charge on any atom is 0.341 e. The second kappa shape index (κ2) is 5.09. The molecule has 2 aromatic heterocycles. The van der Waals surface area contributed by atoms with Crippen molar-refractivity contribution in [2.45, 2.75) is 33.2 Å². The number of carboxylic acids is 1. The number of aryl methyl sites for hydroxylation is 1. The van der Waals surface area contributed by atoms with Crippen molar-refractivity contribution in [3.05, 3.63) is 31.3 Å². The van der Waals surface area contributed by atoms with Gasteiger partial charge in [0.05, 0.1) is 9.17 Å². The second-order valence-electron chi connectivity index (χ2n) is 4.59. The van der Waals surface area contributed by atoms with Crippen LogP contribution in [0.15, 0.2) is 14.8 Å². The lowest BCUT2D eigenvalue weighted by Gasteiger charge is -2.08. The lowest BCUT2D eigenvalue weighted by atomic mass is 10.0. The Balaban J connectivity index is 3.01. The van der Waals surface area contributed by atoms with E-state index in [0.717, 1.165) is 14.2 Å². The summed E-state index contributed by atoms with van der Waals surface area (Å²) in [6.07, 6.45) is 1.43. The third-order valence-corrected chi connectivity index (χ3v) is 4.99. The lowest BCUT2D eigenvalue weighted by molar-refractivity contribution is 0.0695. The van der Waals surface area contributed by atoms with Gasteiger partial charge in [-0.3, -0.25) is 4.79 Å². The molecule has 4 nitrogen and oxygen atoms in total. The molecule has 0 saturated carbocycles. The molecule has 0 bridgehead atoms. The number of pyridine rings is 1. The Labute approximate surface area is 122 Å². The summed E-state index contributed by atoms with van der Waals surface area (Å²) in [5.41, 5.74) is 0.342. The van der Waals surface area contributed by atoms with E-state index in [1.165, 1.54) is 17.5 Å². The Kier molecular flexibility index (Phi) is 3.82. The summed E-state index contributed by atoms with van der Waals surface area (Å²) in [7, 11) is 0. The molecular weight excluding hydrogens is 330 g/mol. The monoisotopic (exact) mass is 343 g/mol. The van der Waals surface area contributed by atoms with Crippen molar-refractivity contribution in [1.82, 2.24) is 4.57 Å². The number of halogens is 1. The molecule has 0 amide bonds. The molecule has 0 unspecified atom stereocenters. The lowest BCUT2D eigenvalue weighted by Crippen LogP contribution is -2.18. The Bertz CT molecular complexity index is 715. The summed E-state index contributed by atoms with van der Waals surface area (Å²) in [6.45, 7) is 6.55. The molecule has 19 heavy (non-hydrogen) atoms. The normalized spacial score (nSPS) is 11.4. The highest BCUT2D eigenvalue weighted by atomic mass is 79.9. The number of hydrogen-bond donors (Lipinski definition) is 1. The second-order valence-corrected chi connectivity index (χ2v) is 6.90. The van der Waals surface area contributed by atoms with Crippen LogP contribution in [-0.4, -0.2) is 15.6 Å². The summed E-state index contributed by atoms with van der Waals surface area (Å²) in [6, 6.07) is 0. The minimum absolute atomic E-state index is 0.158. The summed E-state index contributed by atoms with van der Waals surface area (Å²) in [5.74, 6) is -1.02. The van der Waals surface area contributed by atoms with Crippen LogP contribution in [0.3, 0.4) is 0 Å². The largest absolute Gasteiger partial charge is 0.477 e. The number of hydrogen-bond acceptors (Lipinski definition) is 3. The minimum atomic E-state index is -1.17. The number of aromatic nitrogens is 1. The van der Waals surface area contributed by atoms with E-state index in [1.807, 2.05) is 25.3 Å². The molecule has 2 aromatic rings. The number of thiophene rings is 1. The molecule has 0 aliphatic heterocycles. The Morgan fingerprint density at radius 2 is 2.16 bits per heavy atom. The van der Waals surface area contributed by atoms with Gasteiger partial charge >= 0.3 is 5.97 Å². The summed E-state index contributed by atoms with van der Waals surface area (Å²) in [4.78, 5) is 24.4. The van der Waals surface area contributed by atoms with Gasteiger partial charge in [-0.15, -0.1) is 11.3 Å². The molecule has 0 fully saturated rings. The smallest absolute Gasteiger partial charge is 0.341 e. The van der Waals surface area contributed by atoms with E-state index in [4.69, 9.17) is 5.11 Å². The van der Waals surface area contributed by atoms with E-state index in [-0.39, 0.29) is 11.5 Å². The Morgan fingerprint density at radius 1 is 1.53 bits per heavy atom. The van der Waals surface area contributed by atoms with Crippen LogP contribution in [-0.2, 0) is 6.54 Å². The van der Waals surface area contributed by atoms with Gasteiger partial charge in [0.15, 0.2) is 0 Å². The van der Waals surface area contributed by atoms with Crippen LogP contribution >= 0.6 is 27.3 Å². The van der Waals surface area contributed by atoms with Crippen molar-refractivity contribution in [2.75, 3.05) is 0 Å². The molecule has 1 N–H and O–H groups in total. The predicted molar refractivity (Wildman–Crippen MR) is 80.5 cm³/mol. The molecule has 102 valence electrons. The highest BCUT2D eigenvalue weighted by Crippen LogP contribution is 2.38. The van der Waals surface area contributed by atoms with Gasteiger partial charge < -0.3 is 9.67 Å². The van der Waals surface area contributed by atoms with E-state index >= 15 is 0 Å². The van der Waals surface area contributed by atoms with E-state index in [9.17, 15) is 9.59 Å². The fraction of sp³-hybridized carbons (Fsp3) is 0.385. The average molecular weight is 344 g/mol. The SMILES string of the molecule is CCn1cc(C(=O)O)c(=O)c2c(C(C)C)c(Br)sc21. The van der Waals surface area contributed by atoms with Crippen LogP contribution in [0.1, 0.15) is 42.6 Å². The third kappa shape index (κ3) is 2.23. The molecule has 0 aliphatic carbocycles. The van der Waals surface area contributed by atoms with Crippen molar-refractivity contribution < 1.29 is 9.90 Å². The van der Waals surface area contributed by atoms with Crippen LogP contribution in [0.2, 0.25) is 0 Å². The zero-order valence-electron chi connectivity index (χ0n) is 10.9. The first kappa shape index (κ1) is 14.3. The molecule has 0 aliphatic rings. The van der Waals surface area contributed by atoms with Crippen LogP contribution < -0.4 is 5.43 Å². The standard InChI is InChI=1S/C13H14BrNO3S/c1-4-15-5-7(13(17)18)10(16)9-8(6(2)3)11(14)19-12(9)15/h5-6H,4H2,1-3H3,(H,17,18). The zero-order valence-corrected chi connectivity index (χ0v) is 13.3. The molecule has 2 heterocycles. The van der Waals surface area contributed by atoms with Crippen molar-refractivity contribution >= 4 is 43.5 Å². The zero-order chi connectivity index (χ0) is 14.3. The fourth-order valence-electron chi connectivity index (χ4n) is 2.14. The molecule has 0 radical (unpaired) electrons. The van der Waals surface area contributed by atoms with Gasteiger partial charge in [0.25, 0.3) is 0 Å². The number of nitrogens with zero attached hydrogens (tertiary/aromatic N) is 1. The van der Waals surface area contributed by atoms with E-state index < -0.39 is 11.4 Å². The van der Waals surface area contributed by atoms with Crippen molar-refractivity contribution in [3.8, 4) is 0 Å². The van der Waals surface area contributed by atoms with E-state index in [1.54, 1.807) is 0 Å². The highest BCUT2D eigenvalue weighted by Gasteiger charge is 2.22. The summed E-state index contributed by atoms with van der Waals surface area (Å²) in [5, 5.41) is 9.70. The fourth-order valence-corrected chi connectivity index (χ4v) is 4.47. The number of carbonyl (C=O) groups is 1. The van der Waals surface area contributed by atoms with Crippen LogP contribution in [0.5, 0.6) is 0 Å². The van der Waals surface area contributed by atoms with Gasteiger partial charge in [0, 0.05) is 12.7 Å². The third-order valence-electron chi connectivity index (χ3n) is 3.05. The topological polar surface area (TPSA) is 59.3 Å². The number of carboxylic acid groups (broad SMARTS) is 1. The molecule has 6 heteroatoms. The first-order chi connectivity index (χ1) is 8.88. The Morgan fingerprint density at radius 3 is 2.63 bits per heavy atom. The molecule has 0 aromatic carbocycles. The van der Waals surface area contributed by atoms with E-state index in [2.05, 4.69) is 15.9 Å². The molecule has 0 saturated heterocycles. The van der Waals surface area contributed by atoms with Gasteiger partial charge in [-0.05, 0) is 34.3 Å². The van der Waals surface area contributed by atoms with Crippen molar-refractivity contribution in [1.29, 1.82) is 0 Å². The first-order valence-corrected chi connectivity index (χ1v) is 7.58. The average Bonchev–Trinajstić information content (AvgIpc) is 2.67. The number of fused-ring (bicyclic) bond motifs is 1. The molecule has 0 atom stereocenters. The minimum Gasteiger partial charge on any atom is -0.477 e. The van der Waals surface area contributed by atoms with Gasteiger partial charge in [0.1, 0.15) is 10.4 Å². The highest BCUT2D eigenvalue weighted by molar-refractivity contribution is 9.11. The number of aromatic carboxylic acids is 1. The van der Waals surface area contributed by atoms with Gasteiger partial charge in [0.2, 0.25) is 5.43 Å². The molecular formula is C13H14BrNO3S. The van der Waals surface area contributed by atoms with Crippen LogP contribution in [0.25, 0.3) is 10.2 Å². The van der Waals surface area contributed by atoms with Crippen molar-refractivity contribution in [3.63, 3.8) is 0 Å². The van der Waals surface area contributed by atoms with Gasteiger partial charge in [-0.2, -0.15) is 0 Å². The maximum atomic E-state index is 12.4. The van der Waals surface area contributed by atoms with Crippen LogP contribution in [0, 0.1) is 0 Å². The van der Waals surface area contributed by atoms with Crippen molar-refractivity contribution in [2.24, 2.45) is 0 Å². The Hall–Kier alpha value is -1.14. The quantitative estimate of drug-likeness (QED) is 0.924. The van der Waals surface area contributed by atoms with Gasteiger partial charge in [-0.1, -0.05) is 13.8 Å². The van der Waals surface area contributed by atoms with Crippen LogP contribution in [0.4, 0.5) is 0 Å². The molecule has 2 rings (SSSR count). The van der Waals surface area contributed by atoms with Gasteiger partial charge in [-0.25, -0.2) is 4.79 Å². The first-order valence-electron chi connectivity index (χ1n) is 5.97.